The second-order valence-corrected chi connectivity index (χ2v) is 7.69. The maximum atomic E-state index is 10.2. The van der Waals surface area contributed by atoms with Gasteiger partial charge in [0, 0.05) is 23.5 Å². The molecule has 0 radical (unpaired) electrons. The molecular weight excluding hydrogens is 402 g/mol. The van der Waals surface area contributed by atoms with Crippen LogP contribution >= 0.6 is 0 Å². The van der Waals surface area contributed by atoms with Gasteiger partial charge in [-0.1, -0.05) is 84.9 Å². The number of aromatic nitrogens is 1. The van der Waals surface area contributed by atoms with Gasteiger partial charge in [0.05, 0.1) is 16.8 Å². The van der Waals surface area contributed by atoms with E-state index in [4.69, 9.17) is 0 Å². The van der Waals surface area contributed by atoms with E-state index < -0.39 is 0 Å². The molecule has 0 aliphatic heterocycles. The van der Waals surface area contributed by atoms with Gasteiger partial charge in [0.2, 0.25) is 0 Å². The first-order chi connectivity index (χ1) is 16.3. The summed E-state index contributed by atoms with van der Waals surface area (Å²) in [5, 5.41) is 20.3. The van der Waals surface area contributed by atoms with Crippen molar-refractivity contribution in [1.82, 2.24) is 4.57 Å². The minimum Gasteiger partial charge on any atom is -0.321 e. The van der Waals surface area contributed by atoms with Crippen LogP contribution < -0.4 is 0 Å². The van der Waals surface area contributed by atoms with E-state index >= 15 is 0 Å². The fourth-order valence-electron chi connectivity index (χ4n) is 4.18. The summed E-state index contributed by atoms with van der Waals surface area (Å²) in [6.07, 6.45) is 3.74. The zero-order valence-corrected chi connectivity index (χ0v) is 17.8. The van der Waals surface area contributed by atoms with Gasteiger partial charge in [-0.05, 0) is 40.5 Å². The fourth-order valence-corrected chi connectivity index (χ4v) is 4.18. The molecule has 0 aliphatic carbocycles. The molecule has 0 unspecified atom stereocenters. The van der Waals surface area contributed by atoms with Crippen LogP contribution in [0.15, 0.2) is 116 Å². The summed E-state index contributed by atoms with van der Waals surface area (Å²) in [5.41, 5.74) is 7.31. The van der Waals surface area contributed by atoms with Crippen LogP contribution in [0.1, 0.15) is 11.1 Å². The fraction of sp³-hybridized carbons (Fsp3) is 0. The van der Waals surface area contributed by atoms with Crippen molar-refractivity contribution in [2.75, 3.05) is 0 Å². The highest BCUT2D eigenvalue weighted by atomic mass is 14.9. The molecule has 5 aromatic rings. The molecule has 0 amide bonds. The minimum atomic E-state index is 0.481. The molecule has 154 valence electrons. The summed E-state index contributed by atoms with van der Waals surface area (Å²) in [5.74, 6) is 0. The lowest BCUT2D eigenvalue weighted by Gasteiger charge is -2.17. The Morgan fingerprint density at radius 2 is 0.909 bits per heavy atom. The first-order valence-electron chi connectivity index (χ1n) is 10.7. The zero-order valence-electron chi connectivity index (χ0n) is 17.8. The molecule has 0 atom stereocenters. The molecule has 0 bridgehead atoms. The highest BCUT2D eigenvalue weighted by molar-refractivity contribution is 5.87. The Morgan fingerprint density at radius 3 is 1.42 bits per heavy atom. The molecule has 3 heteroatoms. The zero-order chi connectivity index (χ0) is 22.6. The van der Waals surface area contributed by atoms with E-state index in [-0.39, 0.29) is 0 Å². The van der Waals surface area contributed by atoms with Gasteiger partial charge in [-0.2, -0.15) is 10.5 Å². The van der Waals surface area contributed by atoms with E-state index in [1.165, 1.54) is 0 Å². The topological polar surface area (TPSA) is 52.5 Å². The number of benzene rings is 4. The van der Waals surface area contributed by atoms with Crippen molar-refractivity contribution in [1.29, 1.82) is 10.5 Å². The van der Waals surface area contributed by atoms with Crippen LogP contribution in [0.4, 0.5) is 0 Å². The van der Waals surface area contributed by atoms with Gasteiger partial charge < -0.3 is 4.57 Å². The molecule has 0 saturated carbocycles. The van der Waals surface area contributed by atoms with Crippen molar-refractivity contribution >= 4 is 0 Å². The van der Waals surface area contributed by atoms with Crippen molar-refractivity contribution in [3.63, 3.8) is 0 Å². The molecule has 0 N–H and O–H groups in total. The highest BCUT2D eigenvalue weighted by Gasteiger charge is 2.21. The van der Waals surface area contributed by atoms with Gasteiger partial charge in [0.1, 0.15) is 12.1 Å². The summed E-state index contributed by atoms with van der Waals surface area (Å²) >= 11 is 0. The molecular formula is C30H19N3. The quantitative estimate of drug-likeness (QED) is 0.307. The lowest BCUT2D eigenvalue weighted by atomic mass is 9.89. The van der Waals surface area contributed by atoms with E-state index in [1.807, 2.05) is 95.8 Å². The van der Waals surface area contributed by atoms with Gasteiger partial charge in [-0.15, -0.1) is 0 Å². The predicted octanol–water partition coefficient (Wildman–Crippen LogP) is 7.22. The normalized spacial score (nSPS) is 10.4. The summed E-state index contributed by atoms with van der Waals surface area (Å²) in [7, 11) is 0. The Balaban J connectivity index is 1.77. The first kappa shape index (κ1) is 20.1. The van der Waals surface area contributed by atoms with E-state index in [0.29, 0.717) is 16.8 Å². The summed E-state index contributed by atoms with van der Waals surface area (Å²) in [4.78, 5) is 0. The minimum absolute atomic E-state index is 0.481. The van der Waals surface area contributed by atoms with Crippen LogP contribution in [-0.2, 0) is 0 Å². The largest absolute Gasteiger partial charge is 0.321 e. The number of rotatable bonds is 4. The van der Waals surface area contributed by atoms with Crippen molar-refractivity contribution in [3.05, 3.63) is 127 Å². The Kier molecular flexibility index (Phi) is 5.30. The average Bonchev–Trinajstić information content (AvgIpc) is 3.43. The third-order valence-corrected chi connectivity index (χ3v) is 5.78. The monoisotopic (exact) mass is 421 g/mol. The third kappa shape index (κ3) is 3.69. The van der Waals surface area contributed by atoms with E-state index in [2.05, 4.69) is 36.4 Å². The van der Waals surface area contributed by atoms with Crippen molar-refractivity contribution in [2.24, 2.45) is 0 Å². The van der Waals surface area contributed by atoms with Crippen LogP contribution in [0.3, 0.4) is 0 Å². The molecule has 0 spiro atoms. The number of nitriles is 2. The van der Waals surface area contributed by atoms with Crippen LogP contribution in [0.25, 0.3) is 39.1 Å². The molecule has 5 rings (SSSR count). The molecule has 0 saturated heterocycles. The average molecular weight is 422 g/mol. The number of hydrogen-bond acceptors (Lipinski definition) is 2. The molecule has 1 heterocycles. The van der Waals surface area contributed by atoms with Gasteiger partial charge >= 0.3 is 0 Å². The second kappa shape index (κ2) is 8.71. The van der Waals surface area contributed by atoms with Gasteiger partial charge in [-0.3, -0.25) is 0 Å². The Bertz CT molecular complexity index is 1480. The highest BCUT2D eigenvalue weighted by Crippen LogP contribution is 2.38. The maximum absolute atomic E-state index is 10.2. The Morgan fingerprint density at radius 1 is 0.485 bits per heavy atom. The smallest absolute Gasteiger partial charge is 0.102 e. The molecule has 0 aliphatic rings. The predicted molar refractivity (Wildman–Crippen MR) is 132 cm³/mol. The van der Waals surface area contributed by atoms with E-state index in [1.54, 1.807) is 0 Å². The summed E-state index contributed by atoms with van der Waals surface area (Å²) in [6, 6.07) is 38.8. The molecule has 1 aromatic heterocycles. The number of hydrogen-bond donors (Lipinski definition) is 0. The van der Waals surface area contributed by atoms with Crippen LogP contribution in [0, 0.1) is 22.7 Å². The Labute approximate surface area is 193 Å². The van der Waals surface area contributed by atoms with E-state index in [9.17, 15) is 10.5 Å². The van der Waals surface area contributed by atoms with Crippen LogP contribution in [0.2, 0.25) is 0 Å². The third-order valence-electron chi connectivity index (χ3n) is 5.78. The van der Waals surface area contributed by atoms with E-state index in [0.717, 1.165) is 33.4 Å². The SMILES string of the molecule is N#Cc1c(-c2ccccc2)cc(-c2ccc(-c3ccccc3)cc2)c(C#N)c1-n1cccc1. The summed E-state index contributed by atoms with van der Waals surface area (Å²) in [6.45, 7) is 0. The molecule has 0 fully saturated rings. The van der Waals surface area contributed by atoms with Gasteiger partial charge in [-0.25, -0.2) is 0 Å². The molecule has 3 nitrogen and oxygen atoms in total. The lowest BCUT2D eigenvalue weighted by molar-refractivity contribution is 1.07. The molecule has 4 aromatic carbocycles. The van der Waals surface area contributed by atoms with Crippen LogP contribution in [-0.4, -0.2) is 4.57 Å². The molecule has 33 heavy (non-hydrogen) atoms. The van der Waals surface area contributed by atoms with Crippen molar-refractivity contribution < 1.29 is 0 Å². The second-order valence-electron chi connectivity index (χ2n) is 7.69. The van der Waals surface area contributed by atoms with Crippen molar-refractivity contribution in [2.45, 2.75) is 0 Å². The van der Waals surface area contributed by atoms with Gasteiger partial charge in [0.15, 0.2) is 0 Å². The maximum Gasteiger partial charge on any atom is 0.102 e. The summed E-state index contributed by atoms with van der Waals surface area (Å²) < 4.78 is 1.85. The first-order valence-corrected chi connectivity index (χ1v) is 10.7. The lowest BCUT2D eigenvalue weighted by Crippen LogP contribution is -2.03. The van der Waals surface area contributed by atoms with Crippen molar-refractivity contribution in [3.8, 4) is 51.2 Å². The van der Waals surface area contributed by atoms with Gasteiger partial charge in [0.25, 0.3) is 0 Å². The number of nitrogens with zero attached hydrogens (tertiary/aromatic N) is 3. The Hall–Kier alpha value is -4.86. The van der Waals surface area contributed by atoms with Crippen LogP contribution in [0.5, 0.6) is 0 Å². The standard InChI is InChI=1S/C30H19N3/c31-20-28-26(24-11-5-2-6-12-24)19-27(29(21-32)30(28)33-17-7-8-18-33)25-15-13-23(14-16-25)22-9-3-1-4-10-22/h1-19H.